The molecule has 0 radical (unpaired) electrons. The van der Waals surface area contributed by atoms with E-state index in [-0.39, 0.29) is 5.91 Å². The zero-order valence-corrected chi connectivity index (χ0v) is 19.9. The van der Waals surface area contributed by atoms with Crippen LogP contribution in [0.3, 0.4) is 0 Å². The molecule has 3 aromatic carbocycles. The summed E-state index contributed by atoms with van der Waals surface area (Å²) in [5, 5.41) is 0. The first-order valence-corrected chi connectivity index (χ1v) is 11.6. The highest BCUT2D eigenvalue weighted by molar-refractivity contribution is 8.27. The van der Waals surface area contributed by atoms with E-state index in [0.29, 0.717) is 33.9 Å². The smallest absolute Gasteiger partial charge is 0.270 e. The molecular formula is C26H23NO4S2. The fourth-order valence-corrected chi connectivity index (χ4v) is 4.63. The molecule has 33 heavy (non-hydrogen) atoms. The number of hydrogen-bond donors (Lipinski definition) is 0. The third-order valence-corrected chi connectivity index (χ3v) is 6.31. The second-order valence-electron chi connectivity index (χ2n) is 7.22. The van der Waals surface area contributed by atoms with Gasteiger partial charge in [-0.05, 0) is 55.0 Å². The number of carbonyl (C=O) groups is 1. The minimum absolute atomic E-state index is 0.152. The van der Waals surface area contributed by atoms with E-state index in [0.717, 1.165) is 22.6 Å². The van der Waals surface area contributed by atoms with Gasteiger partial charge in [-0.2, -0.15) is 0 Å². The van der Waals surface area contributed by atoms with Crippen molar-refractivity contribution >= 4 is 46.0 Å². The zero-order valence-electron chi connectivity index (χ0n) is 18.3. The first kappa shape index (κ1) is 22.9. The first-order valence-electron chi connectivity index (χ1n) is 10.4. The Balaban J connectivity index is 1.53. The molecular weight excluding hydrogens is 454 g/mol. The highest BCUT2D eigenvalue weighted by Gasteiger charge is 2.34. The lowest BCUT2D eigenvalue weighted by Gasteiger charge is -2.16. The number of para-hydroxylation sites is 2. The Morgan fingerprint density at radius 1 is 0.939 bits per heavy atom. The summed E-state index contributed by atoms with van der Waals surface area (Å²) in [6.07, 6.45) is 1.80. The molecule has 0 atom stereocenters. The van der Waals surface area contributed by atoms with Gasteiger partial charge in [0.1, 0.15) is 30.5 Å². The number of carbonyl (C=O) groups excluding carboxylic acids is 1. The fraction of sp³-hybridized carbons (Fsp3) is 0.154. The minimum atomic E-state index is -0.152. The van der Waals surface area contributed by atoms with Crippen molar-refractivity contribution < 1.29 is 19.0 Å². The predicted octanol–water partition coefficient (Wildman–Crippen LogP) is 5.87. The summed E-state index contributed by atoms with van der Waals surface area (Å²) < 4.78 is 17.5. The summed E-state index contributed by atoms with van der Waals surface area (Å²) in [6.45, 7) is 2.71. The van der Waals surface area contributed by atoms with Crippen LogP contribution in [0.4, 0.5) is 5.69 Å². The van der Waals surface area contributed by atoms with Crippen molar-refractivity contribution in [2.45, 2.75) is 6.92 Å². The molecule has 0 saturated carbocycles. The topological polar surface area (TPSA) is 48.0 Å². The van der Waals surface area contributed by atoms with E-state index in [9.17, 15) is 4.79 Å². The Morgan fingerprint density at radius 3 is 2.42 bits per heavy atom. The Bertz CT molecular complexity index is 1190. The molecule has 0 N–H and O–H groups in total. The van der Waals surface area contributed by atoms with Gasteiger partial charge in [-0.25, -0.2) is 0 Å². The van der Waals surface area contributed by atoms with Gasteiger partial charge in [0.2, 0.25) is 0 Å². The quantitative estimate of drug-likeness (QED) is 0.230. The van der Waals surface area contributed by atoms with Crippen LogP contribution in [0, 0.1) is 6.92 Å². The molecule has 0 unspecified atom stereocenters. The Hall–Kier alpha value is -3.29. The number of aryl methyl sites for hydroxylation is 1. The lowest BCUT2D eigenvalue weighted by atomic mass is 10.1. The third-order valence-electron chi connectivity index (χ3n) is 5.01. The summed E-state index contributed by atoms with van der Waals surface area (Å²) in [5.41, 5.74) is 2.52. The van der Waals surface area contributed by atoms with Crippen molar-refractivity contribution in [3.63, 3.8) is 0 Å². The van der Waals surface area contributed by atoms with Crippen LogP contribution in [0.25, 0.3) is 6.08 Å². The molecule has 0 bridgehead atoms. The summed E-state index contributed by atoms with van der Waals surface area (Å²) >= 11 is 6.80. The molecule has 0 spiro atoms. The van der Waals surface area contributed by atoms with Gasteiger partial charge in [-0.1, -0.05) is 60.4 Å². The van der Waals surface area contributed by atoms with Crippen molar-refractivity contribution in [1.29, 1.82) is 0 Å². The zero-order chi connectivity index (χ0) is 23.2. The van der Waals surface area contributed by atoms with Gasteiger partial charge in [0.15, 0.2) is 4.32 Å². The van der Waals surface area contributed by atoms with Gasteiger partial charge in [0, 0.05) is 5.56 Å². The van der Waals surface area contributed by atoms with Crippen molar-refractivity contribution in [1.82, 2.24) is 0 Å². The maximum atomic E-state index is 13.2. The van der Waals surface area contributed by atoms with E-state index < -0.39 is 0 Å². The predicted molar refractivity (Wildman–Crippen MR) is 137 cm³/mol. The summed E-state index contributed by atoms with van der Waals surface area (Å²) in [7, 11) is 1.60. The summed E-state index contributed by atoms with van der Waals surface area (Å²) in [5.74, 6) is 1.94. The Morgan fingerprint density at radius 2 is 1.67 bits per heavy atom. The number of hydrogen-bond acceptors (Lipinski definition) is 6. The van der Waals surface area contributed by atoms with Crippen LogP contribution >= 0.6 is 24.0 Å². The molecule has 4 rings (SSSR count). The van der Waals surface area contributed by atoms with Crippen molar-refractivity contribution in [2.75, 3.05) is 25.2 Å². The van der Waals surface area contributed by atoms with Crippen LogP contribution in [-0.4, -0.2) is 30.6 Å². The second kappa shape index (κ2) is 10.6. The number of anilines is 1. The van der Waals surface area contributed by atoms with E-state index in [4.69, 9.17) is 26.4 Å². The monoisotopic (exact) mass is 477 g/mol. The van der Waals surface area contributed by atoms with Crippen LogP contribution in [0.15, 0.2) is 77.7 Å². The minimum Gasteiger partial charge on any atom is -0.497 e. The maximum Gasteiger partial charge on any atom is 0.270 e. The Labute approximate surface area is 203 Å². The van der Waals surface area contributed by atoms with E-state index in [1.165, 1.54) is 11.8 Å². The van der Waals surface area contributed by atoms with Crippen molar-refractivity contribution in [3.05, 3.63) is 88.8 Å². The third kappa shape index (κ3) is 5.38. The SMILES string of the molecule is COc1ccc(OCCOc2ccccc2)c(/C=C2\SC(=S)N(c3ccccc3C)C2=O)c1. The number of rotatable bonds is 8. The molecule has 1 saturated heterocycles. The molecule has 1 aliphatic heterocycles. The second-order valence-corrected chi connectivity index (χ2v) is 8.89. The number of benzene rings is 3. The first-order chi connectivity index (χ1) is 16.1. The molecule has 1 aliphatic rings. The fourth-order valence-electron chi connectivity index (χ4n) is 3.36. The molecule has 7 heteroatoms. The average Bonchev–Trinajstić information content (AvgIpc) is 3.11. The molecule has 1 heterocycles. The molecule has 1 fully saturated rings. The molecule has 0 aliphatic carbocycles. The van der Waals surface area contributed by atoms with Crippen LogP contribution < -0.4 is 19.1 Å². The molecule has 0 aromatic heterocycles. The van der Waals surface area contributed by atoms with Gasteiger partial charge in [0.25, 0.3) is 5.91 Å². The van der Waals surface area contributed by atoms with E-state index >= 15 is 0 Å². The van der Waals surface area contributed by atoms with Crippen LogP contribution in [0.1, 0.15) is 11.1 Å². The molecule has 3 aromatic rings. The number of nitrogens with zero attached hydrogens (tertiary/aromatic N) is 1. The van der Waals surface area contributed by atoms with E-state index in [2.05, 4.69) is 0 Å². The molecule has 1 amide bonds. The summed E-state index contributed by atoms with van der Waals surface area (Å²) in [4.78, 5) is 15.3. The number of thioether (sulfide) groups is 1. The van der Waals surface area contributed by atoms with Crippen molar-refractivity contribution in [3.8, 4) is 17.2 Å². The van der Waals surface area contributed by atoms with E-state index in [1.807, 2.05) is 79.7 Å². The maximum absolute atomic E-state index is 13.2. The van der Waals surface area contributed by atoms with Crippen LogP contribution in [-0.2, 0) is 4.79 Å². The van der Waals surface area contributed by atoms with Gasteiger partial charge < -0.3 is 14.2 Å². The lowest BCUT2D eigenvalue weighted by Crippen LogP contribution is -2.28. The van der Waals surface area contributed by atoms with E-state index in [1.54, 1.807) is 18.1 Å². The average molecular weight is 478 g/mol. The number of methoxy groups -OCH3 is 1. The summed E-state index contributed by atoms with van der Waals surface area (Å²) in [6, 6.07) is 22.8. The molecule has 168 valence electrons. The van der Waals surface area contributed by atoms with Crippen molar-refractivity contribution in [2.24, 2.45) is 0 Å². The standard InChI is InChI=1S/C26H23NO4S2/c1-18-8-6-7-11-22(18)27-25(28)24(33-26(27)32)17-19-16-21(29-2)12-13-23(19)31-15-14-30-20-9-4-3-5-10-20/h3-13,16-17H,14-15H2,1-2H3/b24-17-. The van der Waals surface area contributed by atoms with Gasteiger partial charge in [-0.3, -0.25) is 9.69 Å². The van der Waals surface area contributed by atoms with Crippen LogP contribution in [0.2, 0.25) is 0 Å². The van der Waals surface area contributed by atoms with Crippen LogP contribution in [0.5, 0.6) is 17.2 Å². The number of thiocarbonyl (C=S) groups is 1. The normalized spacial score (nSPS) is 14.6. The number of amides is 1. The number of ether oxygens (including phenoxy) is 3. The molecule has 5 nitrogen and oxygen atoms in total. The largest absolute Gasteiger partial charge is 0.497 e. The lowest BCUT2D eigenvalue weighted by molar-refractivity contribution is -0.113. The highest BCUT2D eigenvalue weighted by atomic mass is 32.2. The van der Waals surface area contributed by atoms with Gasteiger partial charge >= 0.3 is 0 Å². The van der Waals surface area contributed by atoms with Gasteiger partial charge in [-0.15, -0.1) is 0 Å². The highest BCUT2D eigenvalue weighted by Crippen LogP contribution is 2.38. The van der Waals surface area contributed by atoms with Gasteiger partial charge in [0.05, 0.1) is 17.7 Å². The Kier molecular flexibility index (Phi) is 7.32.